The summed E-state index contributed by atoms with van der Waals surface area (Å²) >= 11 is 0. The first-order chi connectivity index (χ1) is 18.8. The smallest absolute Gasteiger partial charge is 0.214 e. The first kappa shape index (κ1) is 31.0. The first-order valence-corrected chi connectivity index (χ1v) is 16.2. The second-order valence-electron chi connectivity index (χ2n) is 10.6. The molecule has 1 heterocycles. The molecule has 0 aliphatic carbocycles. The number of benzene rings is 2. The lowest BCUT2D eigenvalue weighted by Gasteiger charge is -2.13. The molecule has 0 aliphatic heterocycles. The number of hydrogen-bond acceptors (Lipinski definition) is 4. The molecule has 0 amide bonds. The summed E-state index contributed by atoms with van der Waals surface area (Å²) in [7, 11) is 0.280. The van der Waals surface area contributed by atoms with E-state index in [0.717, 1.165) is 37.3 Å². The largest absolute Gasteiger partial charge is 0.497 e. The van der Waals surface area contributed by atoms with Gasteiger partial charge in [0.2, 0.25) is 10.0 Å². The molecule has 0 aliphatic rings. The van der Waals surface area contributed by atoms with Crippen LogP contribution in [0.4, 0.5) is 0 Å². The van der Waals surface area contributed by atoms with Crippen molar-refractivity contribution < 1.29 is 17.9 Å². The third-order valence-corrected chi connectivity index (χ3v) is 9.85. The van der Waals surface area contributed by atoms with E-state index in [2.05, 4.69) is 46.5 Å². The van der Waals surface area contributed by atoms with Crippen molar-refractivity contribution in [2.24, 2.45) is 0 Å². The average molecular weight is 557 g/mol. The van der Waals surface area contributed by atoms with Gasteiger partial charge in [-0.3, -0.25) is 0 Å². The van der Waals surface area contributed by atoms with Crippen LogP contribution in [0.25, 0.3) is 22.2 Å². The summed E-state index contributed by atoms with van der Waals surface area (Å²) < 4.78 is 40.1. The van der Waals surface area contributed by atoms with Gasteiger partial charge in [-0.05, 0) is 86.7 Å². The van der Waals surface area contributed by atoms with E-state index in [4.69, 9.17) is 9.47 Å². The molecule has 39 heavy (non-hydrogen) atoms. The zero-order valence-corrected chi connectivity index (χ0v) is 25.4. The fourth-order valence-electron chi connectivity index (χ4n) is 5.19. The van der Waals surface area contributed by atoms with Gasteiger partial charge >= 0.3 is 0 Å². The van der Waals surface area contributed by atoms with E-state index in [-0.39, 0.29) is 5.25 Å². The highest BCUT2D eigenvalue weighted by molar-refractivity contribution is 7.90. The monoisotopic (exact) mass is 556 g/mol. The van der Waals surface area contributed by atoms with Gasteiger partial charge in [-0.15, -0.1) is 0 Å². The van der Waals surface area contributed by atoms with E-state index in [1.165, 1.54) is 66.2 Å². The van der Waals surface area contributed by atoms with Crippen LogP contribution < -0.4 is 14.2 Å². The van der Waals surface area contributed by atoms with E-state index in [0.29, 0.717) is 13.0 Å². The predicted molar refractivity (Wildman–Crippen MR) is 163 cm³/mol. The minimum absolute atomic E-state index is 0.310. The fraction of sp³-hybridized carbons (Fsp3) is 0.562. The summed E-state index contributed by atoms with van der Waals surface area (Å²) in [6, 6.07) is 14.7. The van der Waals surface area contributed by atoms with Crippen molar-refractivity contribution in [3.05, 3.63) is 48.0 Å². The Kier molecular flexibility index (Phi) is 12.2. The molecule has 6 nitrogen and oxygen atoms in total. The molecule has 3 aromatic rings. The maximum absolute atomic E-state index is 12.0. The van der Waals surface area contributed by atoms with Gasteiger partial charge in [0, 0.05) is 24.0 Å². The topological polar surface area (TPSA) is 69.6 Å². The van der Waals surface area contributed by atoms with Gasteiger partial charge in [0.05, 0.1) is 25.2 Å². The lowest BCUT2D eigenvalue weighted by Crippen LogP contribution is -2.32. The minimum atomic E-state index is -3.14. The zero-order chi connectivity index (χ0) is 28.3. The van der Waals surface area contributed by atoms with E-state index in [9.17, 15) is 8.42 Å². The van der Waals surface area contributed by atoms with Crippen LogP contribution in [0.3, 0.4) is 0 Å². The van der Waals surface area contributed by atoms with Crippen molar-refractivity contribution in [2.75, 3.05) is 20.8 Å². The fourth-order valence-corrected chi connectivity index (χ4v) is 6.34. The van der Waals surface area contributed by atoms with Crippen molar-refractivity contribution in [1.82, 2.24) is 9.29 Å². The van der Waals surface area contributed by atoms with Crippen LogP contribution in [-0.2, 0) is 16.6 Å². The standard InChI is InChI=1S/C32H48N2O4S/c1-6-25(2)39(35,36)33-22-14-12-10-8-7-9-11-13-15-23-34-31-21-20-29(38-5)24-30(31)26(3)32(34)27-16-18-28(37-4)19-17-27/h16-21,24-25,33H,6-15,22-23H2,1-5H3. The van der Waals surface area contributed by atoms with Crippen molar-refractivity contribution in [1.29, 1.82) is 0 Å². The quantitative estimate of drug-likeness (QED) is 0.162. The first-order valence-electron chi connectivity index (χ1n) is 14.6. The van der Waals surface area contributed by atoms with Crippen molar-refractivity contribution in [2.45, 2.75) is 96.8 Å². The Balaban J connectivity index is 1.45. The predicted octanol–water partition coefficient (Wildman–Crippen LogP) is 7.86. The molecule has 216 valence electrons. The molecule has 1 N–H and O–H groups in total. The molecule has 2 aromatic carbocycles. The third-order valence-electron chi connectivity index (χ3n) is 7.85. The van der Waals surface area contributed by atoms with Crippen LogP contribution in [0.1, 0.15) is 83.6 Å². The van der Waals surface area contributed by atoms with E-state index < -0.39 is 10.0 Å². The normalized spacial score (nSPS) is 12.6. The molecule has 3 rings (SSSR count). The van der Waals surface area contributed by atoms with Crippen molar-refractivity contribution in [3.8, 4) is 22.8 Å². The van der Waals surface area contributed by atoms with E-state index >= 15 is 0 Å². The Bertz CT molecular complexity index is 1270. The summed E-state index contributed by atoms with van der Waals surface area (Å²) in [5, 5.41) is 0.933. The molecule has 1 atom stereocenters. The second-order valence-corrected chi connectivity index (χ2v) is 12.8. The second kappa shape index (κ2) is 15.3. The van der Waals surface area contributed by atoms with Crippen LogP contribution in [0.2, 0.25) is 0 Å². The molecule has 1 unspecified atom stereocenters. The SMILES string of the molecule is CCC(C)S(=O)(=O)NCCCCCCCCCCCn1c(-c2ccc(OC)cc2)c(C)c2cc(OC)ccc21. The lowest BCUT2D eigenvalue weighted by atomic mass is 10.1. The molecular formula is C32H48N2O4S. The molecule has 1 aromatic heterocycles. The Morgan fingerprint density at radius 3 is 1.97 bits per heavy atom. The molecule has 0 saturated heterocycles. The van der Waals surface area contributed by atoms with Crippen molar-refractivity contribution in [3.63, 3.8) is 0 Å². The highest BCUT2D eigenvalue weighted by Gasteiger charge is 2.18. The number of fused-ring (bicyclic) bond motifs is 1. The van der Waals surface area contributed by atoms with Gasteiger partial charge in [-0.2, -0.15) is 0 Å². The number of ether oxygens (including phenoxy) is 2. The van der Waals surface area contributed by atoms with Crippen LogP contribution in [0.5, 0.6) is 11.5 Å². The average Bonchev–Trinajstić information content (AvgIpc) is 3.23. The maximum atomic E-state index is 12.0. The number of unbranched alkanes of at least 4 members (excludes halogenated alkanes) is 8. The van der Waals surface area contributed by atoms with Gasteiger partial charge < -0.3 is 14.0 Å². The molecule has 0 saturated carbocycles. The zero-order valence-electron chi connectivity index (χ0n) is 24.6. The highest BCUT2D eigenvalue weighted by atomic mass is 32.2. The molecular weight excluding hydrogens is 508 g/mol. The Morgan fingerprint density at radius 2 is 1.38 bits per heavy atom. The van der Waals surface area contributed by atoms with Gasteiger partial charge in [-0.25, -0.2) is 13.1 Å². The maximum Gasteiger partial charge on any atom is 0.214 e. The van der Waals surface area contributed by atoms with Crippen LogP contribution in [0, 0.1) is 6.92 Å². The Labute approximate surface area is 236 Å². The number of methoxy groups -OCH3 is 2. The van der Waals surface area contributed by atoms with Gasteiger partial charge in [0.25, 0.3) is 0 Å². The number of nitrogens with one attached hydrogen (secondary N) is 1. The number of hydrogen-bond donors (Lipinski definition) is 1. The third kappa shape index (κ3) is 8.49. The van der Waals surface area contributed by atoms with Gasteiger partial charge in [0.15, 0.2) is 0 Å². The molecule has 7 heteroatoms. The number of rotatable bonds is 18. The van der Waals surface area contributed by atoms with Crippen molar-refractivity contribution >= 4 is 20.9 Å². The molecule has 0 fully saturated rings. The summed E-state index contributed by atoms with van der Waals surface area (Å²) in [5.74, 6) is 1.75. The number of aryl methyl sites for hydroxylation is 2. The molecule has 0 radical (unpaired) electrons. The summed E-state index contributed by atoms with van der Waals surface area (Å²) in [6.45, 7) is 7.43. The van der Waals surface area contributed by atoms with Crippen LogP contribution in [-0.4, -0.2) is 39.0 Å². The van der Waals surface area contributed by atoms with E-state index in [1.807, 2.05) is 19.1 Å². The Morgan fingerprint density at radius 1 is 0.821 bits per heavy atom. The van der Waals surface area contributed by atoms with Gasteiger partial charge in [-0.1, -0.05) is 51.9 Å². The van der Waals surface area contributed by atoms with Crippen LogP contribution in [0.15, 0.2) is 42.5 Å². The molecule has 0 spiro atoms. The summed E-state index contributed by atoms with van der Waals surface area (Å²) in [5.41, 5.74) is 5.01. The summed E-state index contributed by atoms with van der Waals surface area (Å²) in [4.78, 5) is 0. The van der Waals surface area contributed by atoms with E-state index in [1.54, 1.807) is 21.1 Å². The van der Waals surface area contributed by atoms with Crippen LogP contribution >= 0.6 is 0 Å². The number of sulfonamides is 1. The summed E-state index contributed by atoms with van der Waals surface area (Å²) in [6.07, 6.45) is 11.2. The minimum Gasteiger partial charge on any atom is -0.497 e. The lowest BCUT2D eigenvalue weighted by molar-refractivity contribution is 0.415. The molecule has 0 bridgehead atoms. The Hall–Kier alpha value is -2.51. The van der Waals surface area contributed by atoms with Gasteiger partial charge in [0.1, 0.15) is 11.5 Å². The number of aromatic nitrogens is 1. The highest BCUT2D eigenvalue weighted by Crippen LogP contribution is 2.36. The number of nitrogens with zero attached hydrogens (tertiary/aromatic N) is 1.